The number of anilines is 1. The van der Waals surface area contributed by atoms with Crippen LogP contribution in [0.1, 0.15) is 94.6 Å². The van der Waals surface area contributed by atoms with E-state index >= 15 is 0 Å². The molecule has 0 fully saturated rings. The van der Waals surface area contributed by atoms with E-state index in [9.17, 15) is 14.0 Å². The summed E-state index contributed by atoms with van der Waals surface area (Å²) in [4.78, 5) is 30.3. The van der Waals surface area contributed by atoms with Crippen LogP contribution in [0.2, 0.25) is 0 Å². The Balaban J connectivity index is 1.86. The number of carbonyl (C=O) groups is 2. The number of rotatable bonds is 7. The van der Waals surface area contributed by atoms with Crippen molar-refractivity contribution in [3.05, 3.63) is 65.0 Å². The Hall–Kier alpha value is -2.73. The predicted octanol–water partition coefficient (Wildman–Crippen LogP) is 6.70. The van der Waals surface area contributed by atoms with Crippen LogP contribution in [0.4, 0.5) is 10.1 Å². The molecule has 2 amide bonds. The van der Waals surface area contributed by atoms with Gasteiger partial charge in [0.05, 0.1) is 0 Å². The molecule has 0 bridgehead atoms. The van der Waals surface area contributed by atoms with Gasteiger partial charge in [-0.15, -0.1) is 0 Å². The maximum atomic E-state index is 13.4. The summed E-state index contributed by atoms with van der Waals surface area (Å²) in [6.07, 6.45) is 6.79. The Morgan fingerprint density at radius 1 is 0.974 bits per heavy atom. The third-order valence-corrected chi connectivity index (χ3v) is 7.60. The second-order valence-electron chi connectivity index (χ2n) is 11.8. The molecule has 1 aliphatic rings. The lowest BCUT2D eigenvalue weighted by molar-refractivity contribution is -0.116. The molecule has 2 aromatic rings. The minimum atomic E-state index is -0.348. The zero-order valence-corrected chi connectivity index (χ0v) is 24.0. The molecule has 0 aromatic heterocycles. The predicted molar refractivity (Wildman–Crippen MR) is 154 cm³/mol. The number of fused-ring (bicyclic) bond motifs is 1. The molecule has 6 heteroatoms. The van der Waals surface area contributed by atoms with Gasteiger partial charge in [0.1, 0.15) is 5.82 Å². The van der Waals surface area contributed by atoms with E-state index in [0.29, 0.717) is 31.1 Å². The van der Waals surface area contributed by atoms with E-state index in [1.54, 1.807) is 19.1 Å². The second-order valence-corrected chi connectivity index (χ2v) is 11.8. The largest absolute Gasteiger partial charge is 0.351 e. The molecule has 0 unspecified atom stereocenters. The van der Waals surface area contributed by atoms with Crippen molar-refractivity contribution in [3.63, 3.8) is 0 Å². The van der Waals surface area contributed by atoms with Crippen molar-refractivity contribution in [1.82, 2.24) is 10.2 Å². The van der Waals surface area contributed by atoms with Gasteiger partial charge >= 0.3 is 0 Å². The van der Waals surface area contributed by atoms with Crippen molar-refractivity contribution in [2.24, 2.45) is 5.92 Å². The van der Waals surface area contributed by atoms with E-state index in [-0.39, 0.29) is 23.0 Å². The van der Waals surface area contributed by atoms with Gasteiger partial charge in [-0.05, 0) is 79.7 Å². The van der Waals surface area contributed by atoms with Gasteiger partial charge in [-0.1, -0.05) is 59.1 Å². The molecule has 0 spiro atoms. The molecular formula is C32H46FN3O2. The van der Waals surface area contributed by atoms with Gasteiger partial charge in [-0.25, -0.2) is 4.39 Å². The van der Waals surface area contributed by atoms with E-state index in [2.05, 4.69) is 24.1 Å². The van der Waals surface area contributed by atoms with Crippen molar-refractivity contribution >= 4 is 17.5 Å². The summed E-state index contributed by atoms with van der Waals surface area (Å²) in [5, 5.41) is 3.09. The van der Waals surface area contributed by atoms with E-state index in [4.69, 9.17) is 0 Å². The highest BCUT2D eigenvalue weighted by Gasteiger charge is 2.23. The highest BCUT2D eigenvalue weighted by atomic mass is 19.1. The van der Waals surface area contributed by atoms with Crippen LogP contribution < -0.4 is 10.2 Å². The van der Waals surface area contributed by atoms with Crippen LogP contribution in [0, 0.1) is 11.7 Å². The molecule has 1 N–H and O–H groups in total. The molecular weight excluding hydrogens is 477 g/mol. The smallest absolute Gasteiger partial charge is 0.251 e. The molecule has 1 heterocycles. The zero-order chi connectivity index (χ0) is 27.7. The van der Waals surface area contributed by atoms with Gasteiger partial charge in [0, 0.05) is 43.2 Å². The quantitative estimate of drug-likeness (QED) is 0.439. The number of benzene rings is 2. The van der Waals surface area contributed by atoms with Crippen LogP contribution in [-0.4, -0.2) is 42.9 Å². The number of hydrogen-bond acceptors (Lipinski definition) is 3. The molecule has 208 valence electrons. The number of halogens is 1. The fourth-order valence-corrected chi connectivity index (χ4v) is 5.06. The first-order valence-electron chi connectivity index (χ1n) is 14.2. The van der Waals surface area contributed by atoms with Crippen molar-refractivity contribution in [2.45, 2.75) is 85.1 Å². The van der Waals surface area contributed by atoms with Gasteiger partial charge in [0.25, 0.3) is 5.91 Å². The lowest BCUT2D eigenvalue weighted by atomic mass is 9.84. The lowest BCUT2D eigenvalue weighted by Crippen LogP contribution is -2.37. The van der Waals surface area contributed by atoms with Crippen molar-refractivity contribution in [3.8, 4) is 0 Å². The summed E-state index contributed by atoms with van der Waals surface area (Å²) >= 11 is 0. The number of nitrogens with one attached hydrogen (secondary N) is 1. The summed E-state index contributed by atoms with van der Waals surface area (Å²) in [6, 6.07) is 12.2. The fraction of sp³-hybridized carbons (Fsp3) is 0.562. The molecule has 3 rings (SSSR count). The number of amides is 2. The average Bonchev–Trinajstić information content (AvgIpc) is 2.86. The van der Waals surface area contributed by atoms with E-state index in [1.165, 1.54) is 31.4 Å². The van der Waals surface area contributed by atoms with Crippen molar-refractivity contribution < 1.29 is 14.0 Å². The monoisotopic (exact) mass is 523 g/mol. The van der Waals surface area contributed by atoms with Gasteiger partial charge in [0.2, 0.25) is 5.91 Å². The molecule has 38 heavy (non-hydrogen) atoms. The molecule has 0 saturated heterocycles. The minimum absolute atomic E-state index is 0.0373. The average molecular weight is 524 g/mol. The maximum Gasteiger partial charge on any atom is 0.251 e. The Labute approximate surface area is 228 Å². The molecule has 0 radical (unpaired) electrons. The van der Waals surface area contributed by atoms with E-state index in [0.717, 1.165) is 49.2 Å². The summed E-state index contributed by atoms with van der Waals surface area (Å²) in [5.41, 5.74) is 3.15. The molecule has 0 aliphatic carbocycles. The lowest BCUT2D eigenvalue weighted by Gasteiger charge is -2.29. The first-order valence-corrected chi connectivity index (χ1v) is 14.2. The van der Waals surface area contributed by atoms with Crippen LogP contribution in [0.15, 0.2) is 42.5 Å². The van der Waals surface area contributed by atoms with Gasteiger partial charge in [-0.2, -0.15) is 0 Å². The second kappa shape index (κ2) is 13.9. The molecule has 0 atom stereocenters. The zero-order valence-electron chi connectivity index (χ0n) is 24.0. The Kier molecular flexibility index (Phi) is 10.9. The standard InChI is InChI=1S/C32H46FN3O2/c1-24(2)17-20-35-18-9-7-6-8-10-19-36(25(3)37)30-16-11-26(21-27(30)22-35)31(38)34-23-32(4,5)28-12-14-29(33)15-13-28/h11-16,21,24H,6-10,17-20,22-23H2,1-5H3,(H,34,38). The number of nitrogens with zero attached hydrogens (tertiary/aromatic N) is 2. The molecule has 2 aromatic carbocycles. The normalized spacial score (nSPS) is 15.9. The van der Waals surface area contributed by atoms with E-state index < -0.39 is 0 Å². The first kappa shape index (κ1) is 29.8. The van der Waals surface area contributed by atoms with Crippen molar-refractivity contribution in [2.75, 3.05) is 31.1 Å². The van der Waals surface area contributed by atoms with Gasteiger partial charge in [-0.3, -0.25) is 14.5 Å². The Bertz CT molecular complexity index is 1060. The van der Waals surface area contributed by atoms with Gasteiger partial charge in [0.15, 0.2) is 0 Å². The number of carbonyl (C=O) groups excluding carboxylic acids is 2. The van der Waals surface area contributed by atoms with Crippen molar-refractivity contribution in [1.29, 1.82) is 0 Å². The SMILES string of the molecule is CC(=O)N1CCCCCCCN(CCC(C)C)Cc2cc(C(=O)NCC(C)(C)c3ccc(F)cc3)ccc21. The molecule has 5 nitrogen and oxygen atoms in total. The summed E-state index contributed by atoms with van der Waals surface area (Å²) < 4.78 is 13.4. The highest BCUT2D eigenvalue weighted by molar-refractivity contribution is 5.97. The topological polar surface area (TPSA) is 52.7 Å². The summed E-state index contributed by atoms with van der Waals surface area (Å²) in [5.74, 6) is 0.243. The third kappa shape index (κ3) is 8.65. The van der Waals surface area contributed by atoms with Gasteiger partial charge < -0.3 is 10.2 Å². The fourth-order valence-electron chi connectivity index (χ4n) is 5.06. The Morgan fingerprint density at radius 2 is 1.63 bits per heavy atom. The maximum absolute atomic E-state index is 13.4. The van der Waals surface area contributed by atoms with Crippen LogP contribution in [0.3, 0.4) is 0 Å². The Morgan fingerprint density at radius 3 is 2.29 bits per heavy atom. The van der Waals surface area contributed by atoms with Crippen LogP contribution >= 0.6 is 0 Å². The highest BCUT2D eigenvalue weighted by Crippen LogP contribution is 2.27. The minimum Gasteiger partial charge on any atom is -0.351 e. The van der Waals surface area contributed by atoms with Crippen LogP contribution in [-0.2, 0) is 16.8 Å². The first-order chi connectivity index (χ1) is 18.1. The third-order valence-electron chi connectivity index (χ3n) is 7.60. The molecule has 1 aliphatic heterocycles. The molecule has 0 saturated carbocycles. The summed E-state index contributed by atoms with van der Waals surface area (Å²) in [7, 11) is 0. The number of hydrogen-bond donors (Lipinski definition) is 1. The van der Waals surface area contributed by atoms with Crippen LogP contribution in [0.5, 0.6) is 0 Å². The van der Waals surface area contributed by atoms with Crippen LogP contribution in [0.25, 0.3) is 0 Å². The van der Waals surface area contributed by atoms with E-state index in [1.807, 2.05) is 36.9 Å². The summed E-state index contributed by atoms with van der Waals surface area (Å²) in [6.45, 7) is 14.1.